The van der Waals surface area contributed by atoms with Crippen molar-refractivity contribution in [1.82, 2.24) is 0 Å². The maximum Gasteiger partial charge on any atom is 1.00 e. The fraction of sp³-hybridized carbons (Fsp3) is 0.400. The van der Waals surface area contributed by atoms with E-state index in [2.05, 4.69) is 11.3 Å². The van der Waals surface area contributed by atoms with Crippen molar-refractivity contribution in [2.45, 2.75) is 0 Å². The van der Waals surface area contributed by atoms with Crippen LogP contribution >= 0.6 is 0 Å². The molecule has 0 unspecified atom stereocenters. The Hall–Kier alpha value is 0.806. The van der Waals surface area contributed by atoms with Crippen LogP contribution in [0.25, 0.3) is 0 Å². The Balaban J connectivity index is 0. The standard InChI is InChI=1S/C5H7O3.K/c1-2-5(7)8-4-3-6;/h2H,1,3-4H2;/q-1;+1. The normalized spacial score (nSPS) is 7.22. The molecule has 0 fully saturated rings. The van der Waals surface area contributed by atoms with Gasteiger partial charge in [-0.3, -0.25) is 0 Å². The first kappa shape index (κ1) is 12.5. The van der Waals surface area contributed by atoms with Crippen molar-refractivity contribution in [1.29, 1.82) is 0 Å². The van der Waals surface area contributed by atoms with Gasteiger partial charge >= 0.3 is 57.4 Å². The van der Waals surface area contributed by atoms with Crippen molar-refractivity contribution in [3.63, 3.8) is 0 Å². The maximum absolute atomic E-state index is 10.1. The summed E-state index contributed by atoms with van der Waals surface area (Å²) in [6, 6.07) is 0. The molecule has 0 bridgehead atoms. The summed E-state index contributed by atoms with van der Waals surface area (Å²) in [5, 5.41) is 9.64. The van der Waals surface area contributed by atoms with Gasteiger partial charge in [-0.05, 0) is 0 Å². The molecule has 0 aliphatic heterocycles. The molecule has 0 heterocycles. The molecule has 9 heavy (non-hydrogen) atoms. The van der Waals surface area contributed by atoms with E-state index in [1.54, 1.807) is 0 Å². The summed E-state index contributed by atoms with van der Waals surface area (Å²) in [6.45, 7) is 2.68. The summed E-state index contributed by atoms with van der Waals surface area (Å²) in [6.07, 6.45) is 1.02. The molecule has 46 valence electrons. The van der Waals surface area contributed by atoms with E-state index < -0.39 is 5.97 Å². The van der Waals surface area contributed by atoms with Crippen LogP contribution in [0, 0.1) is 0 Å². The van der Waals surface area contributed by atoms with E-state index in [1.165, 1.54) is 0 Å². The van der Waals surface area contributed by atoms with Gasteiger partial charge in [0.15, 0.2) is 0 Å². The zero-order valence-electron chi connectivity index (χ0n) is 5.42. The van der Waals surface area contributed by atoms with Gasteiger partial charge in [-0.15, -0.1) is 6.61 Å². The summed E-state index contributed by atoms with van der Waals surface area (Å²) in [4.78, 5) is 10.1. The van der Waals surface area contributed by atoms with Crippen molar-refractivity contribution < 1.29 is 66.0 Å². The number of carbonyl (C=O) groups excluding carboxylic acids is 1. The van der Waals surface area contributed by atoms with E-state index >= 15 is 0 Å². The van der Waals surface area contributed by atoms with Crippen LogP contribution in [0.2, 0.25) is 0 Å². The molecule has 0 saturated carbocycles. The number of ether oxygens (including phenoxy) is 1. The van der Waals surface area contributed by atoms with Crippen molar-refractivity contribution in [2.24, 2.45) is 0 Å². The van der Waals surface area contributed by atoms with Crippen LogP contribution < -0.4 is 56.5 Å². The first-order valence-electron chi connectivity index (χ1n) is 2.18. The third-order valence-electron chi connectivity index (χ3n) is 0.494. The Labute approximate surface area is 96.5 Å². The predicted molar refractivity (Wildman–Crippen MR) is 26.0 cm³/mol. The fourth-order valence-electron chi connectivity index (χ4n) is 0.201. The van der Waals surface area contributed by atoms with Crippen LogP contribution in [0.1, 0.15) is 0 Å². The predicted octanol–water partition coefficient (Wildman–Crippen LogP) is -3.92. The quantitative estimate of drug-likeness (QED) is 0.237. The Morgan fingerprint density at radius 1 is 1.78 bits per heavy atom. The van der Waals surface area contributed by atoms with Gasteiger partial charge in [0.2, 0.25) is 0 Å². The average molecular weight is 154 g/mol. The number of carbonyl (C=O) groups is 1. The summed E-state index contributed by atoms with van der Waals surface area (Å²) >= 11 is 0. The summed E-state index contributed by atoms with van der Waals surface area (Å²) in [5.41, 5.74) is 0. The molecule has 4 heteroatoms. The molecule has 0 aromatic rings. The molecule has 0 atom stereocenters. The van der Waals surface area contributed by atoms with Gasteiger partial charge in [0.05, 0.1) is 6.61 Å². The first-order chi connectivity index (χ1) is 3.81. The van der Waals surface area contributed by atoms with Gasteiger partial charge in [-0.1, -0.05) is 6.58 Å². The minimum atomic E-state index is -0.541. The number of rotatable bonds is 3. The van der Waals surface area contributed by atoms with Gasteiger partial charge in [-0.25, -0.2) is 4.79 Å². The Bertz CT molecular complexity index is 92.2. The van der Waals surface area contributed by atoms with E-state index in [0.717, 1.165) is 6.08 Å². The Morgan fingerprint density at radius 3 is 2.67 bits per heavy atom. The zero-order chi connectivity index (χ0) is 6.41. The van der Waals surface area contributed by atoms with Gasteiger partial charge in [0.25, 0.3) is 0 Å². The van der Waals surface area contributed by atoms with Crippen LogP contribution in [0.5, 0.6) is 0 Å². The molecule has 0 N–H and O–H groups in total. The molecule has 0 rings (SSSR count). The average Bonchev–Trinajstić information content (AvgIpc) is 1.83. The van der Waals surface area contributed by atoms with E-state index in [4.69, 9.17) is 0 Å². The smallest absolute Gasteiger partial charge is 0.852 e. The topological polar surface area (TPSA) is 49.4 Å². The molecule has 0 amide bonds. The van der Waals surface area contributed by atoms with Gasteiger partial charge in [0.1, 0.15) is 0 Å². The molecule has 3 nitrogen and oxygen atoms in total. The van der Waals surface area contributed by atoms with Crippen molar-refractivity contribution in [3.8, 4) is 0 Å². The second-order valence-electron chi connectivity index (χ2n) is 1.08. The molecular formula is C5H7KO3. The summed E-state index contributed by atoms with van der Waals surface area (Å²) < 4.78 is 4.27. The number of hydrogen-bond donors (Lipinski definition) is 0. The number of hydrogen-bond acceptors (Lipinski definition) is 3. The summed E-state index contributed by atoms with van der Waals surface area (Å²) in [7, 11) is 0. The molecule has 0 saturated heterocycles. The minimum absolute atomic E-state index is 0. The monoisotopic (exact) mass is 154 g/mol. The molecular weight excluding hydrogens is 147 g/mol. The van der Waals surface area contributed by atoms with E-state index in [9.17, 15) is 9.90 Å². The van der Waals surface area contributed by atoms with E-state index in [0.29, 0.717) is 0 Å². The zero-order valence-corrected chi connectivity index (χ0v) is 8.55. The maximum atomic E-state index is 10.1. The Morgan fingerprint density at radius 2 is 2.33 bits per heavy atom. The fourth-order valence-corrected chi connectivity index (χ4v) is 0.201. The minimum Gasteiger partial charge on any atom is -0.852 e. The molecule has 0 aliphatic rings. The van der Waals surface area contributed by atoms with Gasteiger partial charge < -0.3 is 9.84 Å². The molecule has 0 spiro atoms. The molecule has 0 aliphatic carbocycles. The number of esters is 1. The van der Waals surface area contributed by atoms with Crippen LogP contribution in [-0.2, 0) is 9.53 Å². The third-order valence-corrected chi connectivity index (χ3v) is 0.494. The molecule has 0 radical (unpaired) electrons. The first-order valence-corrected chi connectivity index (χ1v) is 2.18. The van der Waals surface area contributed by atoms with Crippen LogP contribution in [0.15, 0.2) is 12.7 Å². The van der Waals surface area contributed by atoms with Crippen molar-refractivity contribution >= 4 is 5.97 Å². The van der Waals surface area contributed by atoms with E-state index in [-0.39, 0.29) is 64.6 Å². The van der Waals surface area contributed by atoms with Crippen molar-refractivity contribution in [3.05, 3.63) is 12.7 Å². The van der Waals surface area contributed by atoms with Crippen LogP contribution in [0.3, 0.4) is 0 Å². The largest absolute Gasteiger partial charge is 1.00 e. The van der Waals surface area contributed by atoms with E-state index in [1.807, 2.05) is 0 Å². The second-order valence-corrected chi connectivity index (χ2v) is 1.08. The second kappa shape index (κ2) is 8.81. The van der Waals surface area contributed by atoms with Crippen LogP contribution in [-0.4, -0.2) is 19.2 Å². The summed E-state index contributed by atoms with van der Waals surface area (Å²) in [5.74, 6) is -0.541. The SMILES string of the molecule is C=CC(=O)OCC[O-].[K+]. The van der Waals surface area contributed by atoms with Gasteiger partial charge in [-0.2, -0.15) is 0 Å². The van der Waals surface area contributed by atoms with Gasteiger partial charge in [0, 0.05) is 6.08 Å². The molecule has 0 aromatic heterocycles. The third kappa shape index (κ3) is 8.81. The van der Waals surface area contributed by atoms with Crippen LogP contribution in [0.4, 0.5) is 0 Å². The Kier molecular flexibility index (Phi) is 12.2. The molecule has 0 aromatic carbocycles. The van der Waals surface area contributed by atoms with Crippen molar-refractivity contribution in [2.75, 3.05) is 13.2 Å².